The van der Waals surface area contributed by atoms with Gasteiger partial charge in [-0.2, -0.15) is 0 Å². The van der Waals surface area contributed by atoms with Crippen molar-refractivity contribution in [3.8, 4) is 0 Å². The number of hydrogen-bond donors (Lipinski definition) is 0. The lowest BCUT2D eigenvalue weighted by Crippen LogP contribution is -2.53. The van der Waals surface area contributed by atoms with E-state index in [0.717, 1.165) is 12.8 Å². The summed E-state index contributed by atoms with van der Waals surface area (Å²) in [7, 11) is 3.24. The molecule has 12 heavy (non-hydrogen) atoms. The Morgan fingerprint density at radius 1 is 1.17 bits per heavy atom. The molecule has 0 spiro atoms. The highest BCUT2D eigenvalue weighted by atomic mass is 16.9. The van der Waals surface area contributed by atoms with Crippen molar-refractivity contribution in [1.82, 2.24) is 0 Å². The van der Waals surface area contributed by atoms with Crippen LogP contribution >= 0.6 is 0 Å². The van der Waals surface area contributed by atoms with Gasteiger partial charge in [0.15, 0.2) is 0 Å². The molecule has 0 aromatic carbocycles. The molecule has 1 fully saturated rings. The van der Waals surface area contributed by atoms with E-state index in [2.05, 4.69) is 13.8 Å². The summed E-state index contributed by atoms with van der Waals surface area (Å²) < 4.78 is 16.1. The van der Waals surface area contributed by atoms with Crippen LogP contribution in [0.2, 0.25) is 0 Å². The first-order valence-corrected chi connectivity index (χ1v) is 4.32. The van der Waals surface area contributed by atoms with Gasteiger partial charge in [0.2, 0.25) is 0 Å². The molecule has 1 aliphatic heterocycles. The summed E-state index contributed by atoms with van der Waals surface area (Å²) in [5.74, 6) is -0.842. The molecular formula is C9H18O3. The largest absolute Gasteiger partial charge is 0.330 e. The van der Waals surface area contributed by atoms with E-state index in [1.165, 1.54) is 0 Å². The summed E-state index contributed by atoms with van der Waals surface area (Å²) in [4.78, 5) is 0. The predicted molar refractivity (Wildman–Crippen MR) is 45.7 cm³/mol. The van der Waals surface area contributed by atoms with E-state index in [1.807, 2.05) is 0 Å². The lowest BCUT2D eigenvalue weighted by Gasteiger charge is -2.46. The summed E-state index contributed by atoms with van der Waals surface area (Å²) in [5.41, 5.74) is -0.0747. The molecule has 0 radical (unpaired) electrons. The quantitative estimate of drug-likeness (QED) is 0.597. The van der Waals surface area contributed by atoms with Crippen LogP contribution in [0.5, 0.6) is 0 Å². The highest BCUT2D eigenvalue weighted by Gasteiger charge is 2.49. The first-order chi connectivity index (χ1) is 5.58. The number of ether oxygens (including phenoxy) is 3. The third-order valence-electron chi connectivity index (χ3n) is 2.60. The van der Waals surface area contributed by atoms with Gasteiger partial charge in [-0.05, 0) is 12.8 Å². The van der Waals surface area contributed by atoms with Crippen molar-refractivity contribution < 1.29 is 14.2 Å². The number of hydrogen-bond acceptors (Lipinski definition) is 3. The third kappa shape index (κ3) is 1.37. The second kappa shape index (κ2) is 3.32. The zero-order valence-electron chi connectivity index (χ0n) is 8.35. The Morgan fingerprint density at radius 2 is 1.75 bits per heavy atom. The Labute approximate surface area is 74.0 Å². The van der Waals surface area contributed by atoms with Crippen LogP contribution in [0.25, 0.3) is 0 Å². The molecule has 0 atom stereocenters. The van der Waals surface area contributed by atoms with E-state index in [0.29, 0.717) is 6.61 Å². The summed E-state index contributed by atoms with van der Waals surface area (Å²) >= 11 is 0. The van der Waals surface area contributed by atoms with Gasteiger partial charge in [-0.25, -0.2) is 0 Å². The van der Waals surface area contributed by atoms with Crippen molar-refractivity contribution in [2.45, 2.75) is 32.7 Å². The summed E-state index contributed by atoms with van der Waals surface area (Å²) in [6.45, 7) is 4.91. The Balaban J connectivity index is 2.81. The first-order valence-electron chi connectivity index (χ1n) is 4.32. The van der Waals surface area contributed by atoms with Gasteiger partial charge in [-0.3, -0.25) is 0 Å². The van der Waals surface area contributed by atoms with Crippen LogP contribution in [-0.4, -0.2) is 26.8 Å². The molecule has 72 valence electrons. The average Bonchev–Trinajstić information content (AvgIpc) is 2.05. The SMILES string of the molecule is COC1(OC)OCCCC1(C)C. The Kier molecular flexibility index (Phi) is 2.76. The minimum absolute atomic E-state index is 0.0747. The van der Waals surface area contributed by atoms with Crippen molar-refractivity contribution in [1.29, 1.82) is 0 Å². The molecule has 1 aliphatic rings. The van der Waals surface area contributed by atoms with Crippen LogP contribution in [-0.2, 0) is 14.2 Å². The number of methoxy groups -OCH3 is 2. The molecule has 0 saturated carbocycles. The molecule has 1 heterocycles. The van der Waals surface area contributed by atoms with Crippen molar-refractivity contribution >= 4 is 0 Å². The van der Waals surface area contributed by atoms with E-state index in [1.54, 1.807) is 14.2 Å². The van der Waals surface area contributed by atoms with Crippen molar-refractivity contribution in [2.24, 2.45) is 5.41 Å². The van der Waals surface area contributed by atoms with Crippen LogP contribution < -0.4 is 0 Å². The second-order valence-corrected chi connectivity index (χ2v) is 3.80. The van der Waals surface area contributed by atoms with Gasteiger partial charge >= 0.3 is 0 Å². The molecule has 0 unspecified atom stereocenters. The smallest absolute Gasteiger partial charge is 0.287 e. The van der Waals surface area contributed by atoms with E-state index < -0.39 is 5.97 Å². The van der Waals surface area contributed by atoms with Gasteiger partial charge < -0.3 is 14.2 Å². The highest BCUT2D eigenvalue weighted by Crippen LogP contribution is 2.42. The van der Waals surface area contributed by atoms with Crippen LogP contribution in [0, 0.1) is 5.41 Å². The molecule has 0 N–H and O–H groups in total. The highest BCUT2D eigenvalue weighted by molar-refractivity contribution is 4.83. The Morgan fingerprint density at radius 3 is 2.08 bits per heavy atom. The van der Waals surface area contributed by atoms with Crippen LogP contribution in [0.3, 0.4) is 0 Å². The fourth-order valence-corrected chi connectivity index (χ4v) is 1.82. The molecule has 3 nitrogen and oxygen atoms in total. The van der Waals surface area contributed by atoms with Crippen molar-refractivity contribution in [3.05, 3.63) is 0 Å². The van der Waals surface area contributed by atoms with E-state index >= 15 is 0 Å². The van der Waals surface area contributed by atoms with Crippen molar-refractivity contribution in [3.63, 3.8) is 0 Å². The van der Waals surface area contributed by atoms with Gasteiger partial charge in [0, 0.05) is 19.6 Å². The molecule has 1 saturated heterocycles. The molecule has 0 aliphatic carbocycles. The summed E-state index contributed by atoms with van der Waals surface area (Å²) in [5, 5.41) is 0. The van der Waals surface area contributed by atoms with Gasteiger partial charge in [-0.15, -0.1) is 0 Å². The van der Waals surface area contributed by atoms with Gasteiger partial charge in [0.1, 0.15) is 0 Å². The fourth-order valence-electron chi connectivity index (χ4n) is 1.82. The maximum Gasteiger partial charge on any atom is 0.287 e. The third-order valence-corrected chi connectivity index (χ3v) is 2.60. The standard InChI is InChI=1S/C9H18O3/c1-8(2)6-5-7-12-9(8,10-3)11-4/h5-7H2,1-4H3. The minimum Gasteiger partial charge on any atom is -0.330 e. The molecular weight excluding hydrogens is 156 g/mol. The Bertz CT molecular complexity index is 150. The summed E-state index contributed by atoms with van der Waals surface area (Å²) in [6, 6.07) is 0. The van der Waals surface area contributed by atoms with E-state index in [9.17, 15) is 0 Å². The molecule has 3 heteroatoms. The lowest BCUT2D eigenvalue weighted by atomic mass is 9.83. The molecule has 0 aromatic heterocycles. The zero-order valence-corrected chi connectivity index (χ0v) is 8.35. The van der Waals surface area contributed by atoms with Crippen LogP contribution in [0.1, 0.15) is 26.7 Å². The first kappa shape index (κ1) is 9.96. The maximum absolute atomic E-state index is 5.53. The molecule has 0 bridgehead atoms. The maximum atomic E-state index is 5.53. The minimum atomic E-state index is -0.842. The topological polar surface area (TPSA) is 27.7 Å². The number of rotatable bonds is 2. The van der Waals surface area contributed by atoms with Crippen LogP contribution in [0.4, 0.5) is 0 Å². The van der Waals surface area contributed by atoms with Gasteiger partial charge in [-0.1, -0.05) is 13.8 Å². The van der Waals surface area contributed by atoms with E-state index in [-0.39, 0.29) is 5.41 Å². The van der Waals surface area contributed by atoms with Crippen molar-refractivity contribution in [2.75, 3.05) is 20.8 Å². The van der Waals surface area contributed by atoms with Crippen LogP contribution in [0.15, 0.2) is 0 Å². The summed E-state index contributed by atoms with van der Waals surface area (Å²) in [6.07, 6.45) is 2.14. The van der Waals surface area contributed by atoms with Gasteiger partial charge in [0.25, 0.3) is 5.97 Å². The predicted octanol–water partition coefficient (Wildman–Crippen LogP) is 1.77. The molecule has 1 rings (SSSR count). The normalized spacial score (nSPS) is 27.0. The second-order valence-electron chi connectivity index (χ2n) is 3.80. The zero-order chi connectivity index (χ0) is 9.24. The fraction of sp³-hybridized carbons (Fsp3) is 1.00. The molecule has 0 aromatic rings. The van der Waals surface area contributed by atoms with E-state index in [4.69, 9.17) is 14.2 Å². The van der Waals surface area contributed by atoms with Gasteiger partial charge in [0.05, 0.1) is 6.61 Å². The Hall–Kier alpha value is -0.120. The lowest BCUT2D eigenvalue weighted by molar-refractivity contribution is -0.422. The average molecular weight is 174 g/mol. The molecule has 0 amide bonds. The monoisotopic (exact) mass is 174 g/mol.